The summed E-state index contributed by atoms with van der Waals surface area (Å²) in [6.07, 6.45) is 2.01. The molecule has 0 fully saturated rings. The van der Waals surface area contributed by atoms with Crippen LogP contribution in [0.4, 0.5) is 0 Å². The molecule has 13 heavy (non-hydrogen) atoms. The molecular weight excluding hydrogens is 248 g/mol. The van der Waals surface area contributed by atoms with Crippen LogP contribution in [-0.2, 0) is 5.75 Å². The van der Waals surface area contributed by atoms with Crippen LogP contribution in [0, 0.1) is 6.92 Å². The highest BCUT2D eigenvalue weighted by molar-refractivity contribution is 9.10. The Morgan fingerprint density at radius 3 is 3.08 bits per heavy atom. The Balaban J connectivity index is 2.81. The molecule has 2 rings (SSSR count). The Kier molecular flexibility index (Phi) is 2.34. The van der Waals surface area contributed by atoms with E-state index in [2.05, 4.69) is 52.6 Å². The van der Waals surface area contributed by atoms with Gasteiger partial charge in [-0.1, -0.05) is 0 Å². The lowest BCUT2D eigenvalue weighted by Crippen LogP contribution is -1.85. The van der Waals surface area contributed by atoms with Gasteiger partial charge in [0.05, 0.1) is 11.2 Å². The van der Waals surface area contributed by atoms with Crippen LogP contribution >= 0.6 is 28.6 Å². The Morgan fingerprint density at radius 2 is 2.38 bits per heavy atom. The fourth-order valence-corrected chi connectivity index (χ4v) is 2.08. The Hall–Kier alpha value is -0.480. The fourth-order valence-electron chi connectivity index (χ4n) is 1.33. The standard InChI is InChI=1S/C9H9BrN2S/c1-6-2-3-12-8(4-6)7(5-13)11-9(12)10/h2-4,13H,5H2,1H3. The number of hydrogen-bond donors (Lipinski definition) is 1. The molecule has 0 aliphatic rings. The second kappa shape index (κ2) is 3.35. The second-order valence-corrected chi connectivity index (χ2v) is 3.97. The molecule has 2 aromatic rings. The van der Waals surface area contributed by atoms with Crippen LogP contribution < -0.4 is 0 Å². The minimum Gasteiger partial charge on any atom is -0.294 e. The molecule has 2 nitrogen and oxygen atoms in total. The van der Waals surface area contributed by atoms with Crippen molar-refractivity contribution in [1.29, 1.82) is 0 Å². The number of aromatic nitrogens is 2. The van der Waals surface area contributed by atoms with Crippen LogP contribution in [0.2, 0.25) is 0 Å². The highest BCUT2D eigenvalue weighted by Crippen LogP contribution is 2.19. The molecule has 0 aliphatic carbocycles. The van der Waals surface area contributed by atoms with Crippen molar-refractivity contribution in [2.75, 3.05) is 0 Å². The first kappa shape index (κ1) is 9.09. The van der Waals surface area contributed by atoms with Gasteiger partial charge in [-0.05, 0) is 40.5 Å². The number of imidazole rings is 1. The average Bonchev–Trinajstić information content (AvgIpc) is 2.42. The molecule has 68 valence electrons. The lowest BCUT2D eigenvalue weighted by atomic mass is 10.2. The monoisotopic (exact) mass is 256 g/mol. The van der Waals surface area contributed by atoms with E-state index in [0.29, 0.717) is 5.75 Å². The minimum atomic E-state index is 0.665. The maximum absolute atomic E-state index is 4.35. The number of pyridine rings is 1. The summed E-state index contributed by atoms with van der Waals surface area (Å²) in [6.45, 7) is 2.07. The van der Waals surface area contributed by atoms with Gasteiger partial charge in [-0.25, -0.2) is 4.98 Å². The summed E-state index contributed by atoms with van der Waals surface area (Å²) in [4.78, 5) is 4.35. The van der Waals surface area contributed by atoms with E-state index in [4.69, 9.17) is 0 Å². The topological polar surface area (TPSA) is 17.3 Å². The van der Waals surface area contributed by atoms with Gasteiger partial charge in [-0.2, -0.15) is 12.6 Å². The molecule has 4 heteroatoms. The molecule has 0 radical (unpaired) electrons. The summed E-state index contributed by atoms with van der Waals surface area (Å²) in [6, 6.07) is 4.17. The smallest absolute Gasteiger partial charge is 0.182 e. The number of hydrogen-bond acceptors (Lipinski definition) is 2. The van der Waals surface area contributed by atoms with E-state index in [9.17, 15) is 0 Å². The predicted octanol–water partition coefficient (Wildman–Crippen LogP) is 2.84. The molecule has 0 saturated heterocycles. The third kappa shape index (κ3) is 1.48. The van der Waals surface area contributed by atoms with Gasteiger partial charge >= 0.3 is 0 Å². The van der Waals surface area contributed by atoms with E-state index in [1.165, 1.54) is 5.56 Å². The van der Waals surface area contributed by atoms with E-state index < -0.39 is 0 Å². The Morgan fingerprint density at radius 1 is 1.62 bits per heavy atom. The summed E-state index contributed by atoms with van der Waals surface area (Å²) >= 11 is 7.64. The summed E-state index contributed by atoms with van der Waals surface area (Å²) in [5.74, 6) is 0.665. The first-order valence-corrected chi connectivity index (χ1v) is 5.39. The molecule has 0 aliphatic heterocycles. The van der Waals surface area contributed by atoms with Crippen LogP contribution in [0.5, 0.6) is 0 Å². The van der Waals surface area contributed by atoms with E-state index in [1.807, 2.05) is 10.6 Å². The van der Waals surface area contributed by atoms with Crippen LogP contribution in [0.1, 0.15) is 11.3 Å². The molecule has 0 N–H and O–H groups in total. The van der Waals surface area contributed by atoms with Gasteiger partial charge in [0, 0.05) is 11.9 Å². The molecule has 0 aromatic carbocycles. The molecular formula is C9H9BrN2S. The molecule has 2 heterocycles. The normalized spacial score (nSPS) is 11.0. The number of rotatable bonds is 1. The maximum Gasteiger partial charge on any atom is 0.182 e. The minimum absolute atomic E-state index is 0.665. The third-order valence-electron chi connectivity index (χ3n) is 1.98. The van der Waals surface area contributed by atoms with Gasteiger partial charge in [0.1, 0.15) is 0 Å². The highest BCUT2D eigenvalue weighted by Gasteiger charge is 2.06. The van der Waals surface area contributed by atoms with Crippen molar-refractivity contribution in [3.8, 4) is 0 Å². The SMILES string of the molecule is Cc1ccn2c(Br)nc(CS)c2c1. The number of aryl methyl sites for hydroxylation is 1. The van der Waals surface area contributed by atoms with Crippen molar-refractivity contribution in [3.63, 3.8) is 0 Å². The Bertz CT molecular complexity index is 450. The van der Waals surface area contributed by atoms with Crippen LogP contribution in [0.3, 0.4) is 0 Å². The quantitative estimate of drug-likeness (QED) is 0.777. The predicted molar refractivity (Wildman–Crippen MR) is 60.3 cm³/mol. The Labute approximate surface area is 90.5 Å². The van der Waals surface area contributed by atoms with Gasteiger partial charge in [-0.15, -0.1) is 0 Å². The van der Waals surface area contributed by atoms with Crippen molar-refractivity contribution in [1.82, 2.24) is 9.38 Å². The maximum atomic E-state index is 4.35. The average molecular weight is 257 g/mol. The first-order chi connectivity index (χ1) is 6.22. The van der Waals surface area contributed by atoms with E-state index >= 15 is 0 Å². The van der Waals surface area contributed by atoms with E-state index in [1.54, 1.807) is 0 Å². The zero-order chi connectivity index (χ0) is 9.42. The highest BCUT2D eigenvalue weighted by atomic mass is 79.9. The molecule has 0 saturated carbocycles. The summed E-state index contributed by atoms with van der Waals surface area (Å²) in [5.41, 5.74) is 3.38. The number of thiol groups is 1. The molecule has 0 unspecified atom stereocenters. The first-order valence-electron chi connectivity index (χ1n) is 3.96. The van der Waals surface area contributed by atoms with Gasteiger partial charge in [-0.3, -0.25) is 4.40 Å². The van der Waals surface area contributed by atoms with E-state index in [-0.39, 0.29) is 0 Å². The summed E-state index contributed by atoms with van der Waals surface area (Å²) in [7, 11) is 0. The fraction of sp³-hybridized carbons (Fsp3) is 0.222. The zero-order valence-electron chi connectivity index (χ0n) is 7.16. The van der Waals surface area contributed by atoms with Crippen LogP contribution in [0.15, 0.2) is 23.1 Å². The lowest BCUT2D eigenvalue weighted by Gasteiger charge is -1.97. The molecule has 0 spiro atoms. The lowest BCUT2D eigenvalue weighted by molar-refractivity contribution is 1.09. The molecule has 0 amide bonds. The van der Waals surface area contributed by atoms with Gasteiger partial charge in [0.25, 0.3) is 0 Å². The van der Waals surface area contributed by atoms with Crippen molar-refractivity contribution in [2.24, 2.45) is 0 Å². The number of fused-ring (bicyclic) bond motifs is 1. The summed E-state index contributed by atoms with van der Waals surface area (Å²) in [5, 5.41) is 0. The van der Waals surface area contributed by atoms with Gasteiger partial charge in [0.2, 0.25) is 0 Å². The third-order valence-corrected chi connectivity index (χ3v) is 2.84. The molecule has 0 atom stereocenters. The van der Waals surface area contributed by atoms with Crippen LogP contribution in [-0.4, -0.2) is 9.38 Å². The van der Waals surface area contributed by atoms with Gasteiger partial charge in [0.15, 0.2) is 4.73 Å². The summed E-state index contributed by atoms with van der Waals surface area (Å²) < 4.78 is 2.85. The molecule has 0 bridgehead atoms. The van der Waals surface area contributed by atoms with Crippen molar-refractivity contribution in [3.05, 3.63) is 34.3 Å². The van der Waals surface area contributed by atoms with E-state index in [0.717, 1.165) is 15.9 Å². The van der Waals surface area contributed by atoms with Crippen molar-refractivity contribution < 1.29 is 0 Å². The zero-order valence-corrected chi connectivity index (χ0v) is 9.64. The van der Waals surface area contributed by atoms with Crippen LogP contribution in [0.25, 0.3) is 5.52 Å². The largest absolute Gasteiger partial charge is 0.294 e. The molecule has 2 aromatic heterocycles. The van der Waals surface area contributed by atoms with Crippen molar-refractivity contribution in [2.45, 2.75) is 12.7 Å². The number of nitrogens with zero attached hydrogens (tertiary/aromatic N) is 2. The van der Waals surface area contributed by atoms with Crippen molar-refractivity contribution >= 4 is 34.1 Å². The van der Waals surface area contributed by atoms with Gasteiger partial charge < -0.3 is 0 Å². The second-order valence-electron chi connectivity index (χ2n) is 2.94. The number of halogens is 1.